The molecule has 11 heteroatoms. The molecule has 0 aliphatic carbocycles. The first-order chi connectivity index (χ1) is 15.9. The number of nitrogens with zero attached hydrogens (tertiary/aromatic N) is 6. The fourth-order valence-electron chi connectivity index (χ4n) is 3.67. The van der Waals surface area contributed by atoms with E-state index in [1.165, 1.54) is 7.11 Å². The number of imidazole rings is 1. The number of ether oxygens (including phenoxy) is 2. The van der Waals surface area contributed by atoms with Crippen LogP contribution in [0.4, 0.5) is 18.9 Å². The summed E-state index contributed by atoms with van der Waals surface area (Å²) in [7, 11) is 3.18. The molecule has 5 rings (SSSR count). The van der Waals surface area contributed by atoms with Crippen molar-refractivity contribution in [3.63, 3.8) is 0 Å². The van der Waals surface area contributed by atoms with E-state index in [0.29, 0.717) is 23.1 Å². The second kappa shape index (κ2) is 8.00. The van der Waals surface area contributed by atoms with Crippen molar-refractivity contribution >= 4 is 16.9 Å². The van der Waals surface area contributed by atoms with E-state index in [-0.39, 0.29) is 17.3 Å². The first-order valence-electron chi connectivity index (χ1n) is 10.1. The number of rotatable bonds is 5. The SMILES string of the molecule is COc1ccc(-n2c(-c3ccc(N4CC(OC)C4)cn3)nc3cc(C(F)(F)F)cnc32)cn1. The zero-order valence-corrected chi connectivity index (χ0v) is 17.7. The van der Waals surface area contributed by atoms with Gasteiger partial charge in [-0.2, -0.15) is 13.2 Å². The van der Waals surface area contributed by atoms with E-state index in [1.807, 2.05) is 6.07 Å². The maximum atomic E-state index is 13.2. The monoisotopic (exact) mass is 456 g/mol. The highest BCUT2D eigenvalue weighted by Crippen LogP contribution is 2.33. The lowest BCUT2D eigenvalue weighted by atomic mass is 10.1. The highest BCUT2D eigenvalue weighted by molar-refractivity contribution is 5.80. The molecule has 4 aromatic rings. The molecule has 0 atom stereocenters. The minimum absolute atomic E-state index is 0.104. The number of aromatic nitrogens is 5. The van der Waals surface area contributed by atoms with Crippen molar-refractivity contribution < 1.29 is 22.6 Å². The maximum absolute atomic E-state index is 13.2. The zero-order chi connectivity index (χ0) is 23.2. The minimum Gasteiger partial charge on any atom is -0.481 e. The van der Waals surface area contributed by atoms with Crippen LogP contribution in [-0.4, -0.2) is 57.9 Å². The Morgan fingerprint density at radius 3 is 2.30 bits per heavy atom. The number of alkyl halides is 3. The van der Waals surface area contributed by atoms with Gasteiger partial charge in [0.05, 0.1) is 42.5 Å². The van der Waals surface area contributed by atoms with Gasteiger partial charge in [0.1, 0.15) is 11.2 Å². The highest BCUT2D eigenvalue weighted by atomic mass is 19.4. The van der Waals surface area contributed by atoms with Gasteiger partial charge in [-0.3, -0.25) is 9.55 Å². The molecular formula is C22H19F3N6O2. The minimum atomic E-state index is -4.52. The summed E-state index contributed by atoms with van der Waals surface area (Å²) in [6.45, 7) is 1.55. The van der Waals surface area contributed by atoms with Crippen molar-refractivity contribution in [1.82, 2.24) is 24.5 Å². The topological polar surface area (TPSA) is 78.2 Å². The Balaban J connectivity index is 1.60. The summed E-state index contributed by atoms with van der Waals surface area (Å²) in [6, 6.07) is 8.06. The van der Waals surface area contributed by atoms with Crippen LogP contribution in [0.25, 0.3) is 28.4 Å². The van der Waals surface area contributed by atoms with Gasteiger partial charge in [0, 0.05) is 32.5 Å². The molecule has 0 radical (unpaired) electrons. The number of pyridine rings is 3. The Morgan fingerprint density at radius 2 is 1.70 bits per heavy atom. The third kappa shape index (κ3) is 3.84. The van der Waals surface area contributed by atoms with Crippen molar-refractivity contribution in [2.75, 3.05) is 32.2 Å². The fourth-order valence-corrected chi connectivity index (χ4v) is 3.67. The van der Waals surface area contributed by atoms with E-state index < -0.39 is 11.7 Å². The summed E-state index contributed by atoms with van der Waals surface area (Å²) in [4.78, 5) is 19.4. The van der Waals surface area contributed by atoms with Crippen LogP contribution in [0.5, 0.6) is 5.88 Å². The van der Waals surface area contributed by atoms with Gasteiger partial charge in [-0.15, -0.1) is 0 Å². The van der Waals surface area contributed by atoms with Crippen LogP contribution in [0.2, 0.25) is 0 Å². The van der Waals surface area contributed by atoms with Gasteiger partial charge in [-0.25, -0.2) is 15.0 Å². The predicted octanol–water partition coefficient (Wildman–Crippen LogP) is 3.74. The van der Waals surface area contributed by atoms with Crippen LogP contribution in [0.3, 0.4) is 0 Å². The summed E-state index contributed by atoms with van der Waals surface area (Å²) < 4.78 is 51.8. The van der Waals surface area contributed by atoms with Gasteiger partial charge in [-0.1, -0.05) is 0 Å². The van der Waals surface area contributed by atoms with E-state index in [9.17, 15) is 13.2 Å². The van der Waals surface area contributed by atoms with Gasteiger partial charge in [0.15, 0.2) is 11.5 Å². The number of methoxy groups -OCH3 is 2. The van der Waals surface area contributed by atoms with Crippen molar-refractivity contribution in [3.05, 3.63) is 54.5 Å². The second-order valence-electron chi connectivity index (χ2n) is 7.56. The summed E-state index contributed by atoms with van der Waals surface area (Å²) in [6.07, 6.45) is -0.267. The largest absolute Gasteiger partial charge is 0.481 e. The molecular weight excluding hydrogens is 437 g/mol. The summed E-state index contributed by atoms with van der Waals surface area (Å²) in [5.74, 6) is 0.761. The van der Waals surface area contributed by atoms with Crippen LogP contribution < -0.4 is 9.64 Å². The van der Waals surface area contributed by atoms with Crippen molar-refractivity contribution in [3.8, 4) is 23.1 Å². The molecule has 1 saturated heterocycles. The van der Waals surface area contributed by atoms with E-state index in [2.05, 4.69) is 24.8 Å². The number of hydrogen-bond donors (Lipinski definition) is 0. The Kier molecular flexibility index (Phi) is 5.12. The third-order valence-corrected chi connectivity index (χ3v) is 5.54. The molecule has 0 bridgehead atoms. The zero-order valence-electron chi connectivity index (χ0n) is 17.7. The first kappa shape index (κ1) is 21.1. The molecule has 0 amide bonds. The lowest BCUT2D eigenvalue weighted by Gasteiger charge is -2.39. The molecule has 4 aromatic heterocycles. The van der Waals surface area contributed by atoms with Crippen molar-refractivity contribution in [1.29, 1.82) is 0 Å². The van der Waals surface area contributed by atoms with E-state index in [0.717, 1.165) is 31.0 Å². The molecule has 1 aliphatic heterocycles. The van der Waals surface area contributed by atoms with Crippen molar-refractivity contribution in [2.24, 2.45) is 0 Å². The lowest BCUT2D eigenvalue weighted by molar-refractivity contribution is -0.137. The first-order valence-corrected chi connectivity index (χ1v) is 10.1. The molecule has 170 valence electrons. The van der Waals surface area contributed by atoms with Crippen LogP contribution in [0.15, 0.2) is 48.9 Å². The summed E-state index contributed by atoms with van der Waals surface area (Å²) >= 11 is 0. The van der Waals surface area contributed by atoms with Gasteiger partial charge in [0.25, 0.3) is 0 Å². The number of anilines is 1. The molecule has 0 saturated carbocycles. The van der Waals surface area contributed by atoms with Gasteiger partial charge in [-0.05, 0) is 24.3 Å². The van der Waals surface area contributed by atoms with E-state index in [4.69, 9.17) is 9.47 Å². The van der Waals surface area contributed by atoms with Gasteiger partial charge >= 0.3 is 6.18 Å². The highest BCUT2D eigenvalue weighted by Gasteiger charge is 2.32. The van der Waals surface area contributed by atoms with E-state index >= 15 is 0 Å². The molecule has 0 spiro atoms. The van der Waals surface area contributed by atoms with Gasteiger partial charge < -0.3 is 14.4 Å². The van der Waals surface area contributed by atoms with E-state index in [1.54, 1.807) is 42.3 Å². The molecule has 0 N–H and O–H groups in total. The smallest absolute Gasteiger partial charge is 0.417 e. The molecule has 0 aromatic carbocycles. The Hall–Kier alpha value is -3.73. The second-order valence-corrected chi connectivity index (χ2v) is 7.56. The average molecular weight is 456 g/mol. The normalized spacial score (nSPS) is 14.5. The number of hydrogen-bond acceptors (Lipinski definition) is 7. The molecule has 0 unspecified atom stereocenters. The van der Waals surface area contributed by atoms with Crippen molar-refractivity contribution in [2.45, 2.75) is 12.3 Å². The molecule has 33 heavy (non-hydrogen) atoms. The predicted molar refractivity (Wildman–Crippen MR) is 114 cm³/mol. The maximum Gasteiger partial charge on any atom is 0.417 e. The van der Waals surface area contributed by atoms with Crippen LogP contribution in [0.1, 0.15) is 5.56 Å². The Bertz CT molecular complexity index is 1280. The standard InChI is InChI=1S/C22H19F3N6O2/c1-32-16-11-30(12-16)14-3-5-17(26-9-14)21-29-18-7-13(22(23,24)25)8-28-20(18)31(21)15-4-6-19(33-2)27-10-15/h3-10,16H,11-12H2,1-2H3. The number of fused-ring (bicyclic) bond motifs is 1. The fraction of sp³-hybridized carbons (Fsp3) is 0.273. The Morgan fingerprint density at radius 1 is 0.939 bits per heavy atom. The molecule has 8 nitrogen and oxygen atoms in total. The summed E-state index contributed by atoms with van der Waals surface area (Å²) in [5, 5.41) is 0. The van der Waals surface area contributed by atoms with Crippen LogP contribution >= 0.6 is 0 Å². The average Bonchev–Trinajstić information content (AvgIpc) is 3.17. The Labute approximate surface area is 186 Å². The lowest BCUT2D eigenvalue weighted by Crippen LogP contribution is -2.51. The summed E-state index contributed by atoms with van der Waals surface area (Å²) in [5.41, 5.74) is 1.49. The van der Waals surface area contributed by atoms with Crippen LogP contribution in [0, 0.1) is 0 Å². The van der Waals surface area contributed by atoms with Gasteiger partial charge in [0.2, 0.25) is 5.88 Å². The number of halogens is 3. The third-order valence-electron chi connectivity index (χ3n) is 5.54. The molecule has 5 heterocycles. The molecule has 1 aliphatic rings. The quantitative estimate of drug-likeness (QED) is 0.453. The van der Waals surface area contributed by atoms with Crippen LogP contribution in [-0.2, 0) is 10.9 Å². The molecule has 1 fully saturated rings.